The molecule has 0 aromatic carbocycles. The van der Waals surface area contributed by atoms with Gasteiger partial charge in [0.15, 0.2) is 6.10 Å². The molecule has 0 saturated carbocycles. The Labute approximate surface area is 211 Å². The van der Waals surface area contributed by atoms with Crippen LogP contribution < -0.4 is 0 Å². The highest BCUT2D eigenvalue weighted by atomic mass is 31.2. The van der Waals surface area contributed by atoms with Crippen LogP contribution >= 0.6 is 16.1 Å². The summed E-state index contributed by atoms with van der Waals surface area (Å²) in [6.45, 7) is 12.2. The summed E-state index contributed by atoms with van der Waals surface area (Å²) in [5, 5.41) is 8.89. The minimum atomic E-state index is -4.27. The van der Waals surface area contributed by atoms with Crippen molar-refractivity contribution >= 4 is 29.9 Å². The molecule has 0 amide bonds. The van der Waals surface area contributed by atoms with Gasteiger partial charge in [0.05, 0.1) is 38.4 Å². The lowest BCUT2D eigenvalue weighted by Crippen LogP contribution is -2.39. The number of halogens is 1. The number of hydrogen-bond acceptors (Lipinski definition) is 10. The van der Waals surface area contributed by atoms with Crippen molar-refractivity contribution in [3.63, 3.8) is 0 Å². The first kappa shape index (κ1) is 32.4. The Balaban J connectivity index is 3.14. The molecule has 2 radical (unpaired) electrons. The summed E-state index contributed by atoms with van der Waals surface area (Å²) < 4.78 is 63.9. The average molecular weight is 538 g/mol. The van der Waals surface area contributed by atoms with Crippen molar-refractivity contribution < 1.29 is 41.3 Å². The van der Waals surface area contributed by atoms with Crippen molar-refractivity contribution in [1.82, 2.24) is 4.67 Å². The van der Waals surface area contributed by atoms with E-state index in [1.165, 1.54) is 0 Å². The van der Waals surface area contributed by atoms with Gasteiger partial charge in [-0.1, -0.05) is 0 Å². The van der Waals surface area contributed by atoms with Gasteiger partial charge < -0.3 is 27.6 Å². The Morgan fingerprint density at radius 1 is 1.26 bits per heavy atom. The Morgan fingerprint density at radius 2 is 1.83 bits per heavy atom. The van der Waals surface area contributed by atoms with Crippen LogP contribution in [0.15, 0.2) is 0 Å². The number of nitriles is 1. The van der Waals surface area contributed by atoms with E-state index >= 15 is 4.39 Å². The molecule has 0 aliphatic carbocycles. The van der Waals surface area contributed by atoms with Crippen molar-refractivity contribution in [1.29, 1.82) is 5.26 Å². The minimum absolute atomic E-state index is 0.0439. The number of alkyl halides is 1. The summed E-state index contributed by atoms with van der Waals surface area (Å²) in [7, 11) is 0.255. The highest BCUT2D eigenvalue weighted by Crippen LogP contribution is 2.57. The van der Waals surface area contributed by atoms with Gasteiger partial charge in [-0.3, -0.25) is 9.36 Å². The van der Waals surface area contributed by atoms with Crippen LogP contribution in [-0.2, 0) is 36.9 Å². The fourth-order valence-corrected chi connectivity index (χ4v) is 7.09. The lowest BCUT2D eigenvalue weighted by molar-refractivity contribution is -0.156. The highest BCUT2D eigenvalue weighted by molar-refractivity contribution is 7.54. The number of ether oxygens (including phenoxy) is 2. The third-order valence-corrected chi connectivity index (χ3v) is 9.20. The summed E-state index contributed by atoms with van der Waals surface area (Å²) >= 11 is 0. The summed E-state index contributed by atoms with van der Waals surface area (Å²) in [4.78, 5) is 11.8. The van der Waals surface area contributed by atoms with Gasteiger partial charge in [-0.25, -0.2) is 9.06 Å². The monoisotopic (exact) mass is 538 g/mol. The summed E-state index contributed by atoms with van der Waals surface area (Å²) in [5.74, 6) is -3.08. The van der Waals surface area contributed by atoms with Crippen molar-refractivity contribution in [2.75, 3.05) is 19.8 Å². The molecule has 0 spiro atoms. The molecule has 6 atom stereocenters. The van der Waals surface area contributed by atoms with Crippen LogP contribution in [0.1, 0.15) is 61.3 Å². The Bertz CT molecular complexity index is 727. The van der Waals surface area contributed by atoms with E-state index in [0.717, 1.165) is 6.92 Å². The largest absolute Gasteiger partial charge is 0.456 e. The van der Waals surface area contributed by atoms with E-state index in [2.05, 4.69) is 0 Å². The fraction of sp³-hybridized carbons (Fsp3) is 0.905. The number of carbonyl (C=O) groups is 1. The first-order chi connectivity index (χ1) is 16.4. The number of nitrogens with zero attached hydrogens (tertiary/aromatic N) is 2. The predicted octanol–water partition coefficient (Wildman–Crippen LogP) is 4.42. The molecule has 1 aliphatic heterocycles. The average Bonchev–Trinajstić information content (AvgIpc) is 3.11. The lowest BCUT2D eigenvalue weighted by Gasteiger charge is -2.37. The summed E-state index contributed by atoms with van der Waals surface area (Å²) in [5.41, 5.74) is 0. The molecule has 1 fully saturated rings. The minimum Gasteiger partial charge on any atom is -0.456 e. The normalized spacial score (nSPS) is 23.4. The number of esters is 1. The van der Waals surface area contributed by atoms with Crippen LogP contribution in [-0.4, -0.2) is 80.6 Å². The smallest absolute Gasteiger partial charge is 0.368 e. The quantitative estimate of drug-likeness (QED) is 0.121. The van der Waals surface area contributed by atoms with Crippen LogP contribution in [0.2, 0.25) is 0 Å². The van der Waals surface area contributed by atoms with Crippen LogP contribution in [0.25, 0.3) is 0 Å². The standard InChI is InChI=1S/C21H38BFN2O8P2/c1-8-29-35(27,30-9-2)21(23)19(31-16(7)26)17-13-18(20(22)32-17)33-34(28-12-10-11-24)25(14(3)4)15(5)6/h14-15,17-21H,8-10,12-13H2,1-7H3/t17-,18?,19?,20+,21?,34?/m0/s1. The van der Waals surface area contributed by atoms with E-state index in [1.54, 1.807) is 13.8 Å². The van der Waals surface area contributed by atoms with Crippen LogP contribution in [0, 0.1) is 11.3 Å². The van der Waals surface area contributed by atoms with Gasteiger partial charge in [0.2, 0.25) is 5.91 Å². The third kappa shape index (κ3) is 9.64. The van der Waals surface area contributed by atoms with Gasteiger partial charge in [-0.2, -0.15) is 5.26 Å². The van der Waals surface area contributed by atoms with Gasteiger partial charge in [0.1, 0.15) is 14.0 Å². The fourth-order valence-electron chi connectivity index (χ4n) is 3.65. The molecule has 4 unspecified atom stereocenters. The molecule has 10 nitrogen and oxygen atoms in total. The van der Waals surface area contributed by atoms with Gasteiger partial charge in [0.25, 0.3) is 8.53 Å². The van der Waals surface area contributed by atoms with Crippen molar-refractivity contribution in [2.24, 2.45) is 0 Å². The van der Waals surface area contributed by atoms with Gasteiger partial charge in [0, 0.05) is 31.4 Å². The summed E-state index contributed by atoms with van der Waals surface area (Å²) in [6, 6.07) is 1.16. The number of hydrogen-bond donors (Lipinski definition) is 0. The van der Waals surface area contributed by atoms with Crippen molar-refractivity contribution in [3.05, 3.63) is 0 Å². The van der Waals surface area contributed by atoms with Gasteiger partial charge in [-0.15, -0.1) is 0 Å². The molecule has 1 rings (SSSR count). The van der Waals surface area contributed by atoms with Crippen LogP contribution in [0.5, 0.6) is 0 Å². The zero-order valence-electron chi connectivity index (χ0n) is 21.6. The highest BCUT2D eigenvalue weighted by Gasteiger charge is 2.51. The molecule has 0 bridgehead atoms. The molecule has 1 aliphatic rings. The second kappa shape index (κ2) is 15.6. The van der Waals surface area contributed by atoms with E-state index in [-0.39, 0.29) is 44.7 Å². The Kier molecular flexibility index (Phi) is 14.4. The van der Waals surface area contributed by atoms with Crippen LogP contribution in [0.4, 0.5) is 4.39 Å². The summed E-state index contributed by atoms with van der Waals surface area (Å²) in [6.07, 6.45) is -3.16. The first-order valence-corrected chi connectivity index (χ1v) is 14.5. The first-order valence-electron chi connectivity index (χ1n) is 11.8. The number of rotatable bonds is 16. The molecule has 1 saturated heterocycles. The zero-order valence-corrected chi connectivity index (χ0v) is 23.4. The van der Waals surface area contributed by atoms with Crippen molar-refractivity contribution in [3.8, 4) is 6.07 Å². The van der Waals surface area contributed by atoms with Gasteiger partial charge >= 0.3 is 13.6 Å². The van der Waals surface area contributed by atoms with E-state index in [0.29, 0.717) is 0 Å². The predicted molar refractivity (Wildman–Crippen MR) is 130 cm³/mol. The zero-order chi connectivity index (χ0) is 26.8. The Hall–Kier alpha value is -0.625. The number of carbonyl (C=O) groups excluding carboxylic acids is 1. The maximum absolute atomic E-state index is 15.6. The maximum Gasteiger partial charge on any atom is 0.368 e. The SMILES string of the molecule is [B][C@@H]1O[C@H](C(OC(C)=O)C(F)P(=O)(OCC)OCC)CC1OP(OCCC#N)N(C(C)C)C(C)C. The van der Waals surface area contributed by atoms with Gasteiger partial charge in [-0.05, 0) is 41.5 Å². The molecular weight excluding hydrogens is 500 g/mol. The lowest BCUT2D eigenvalue weighted by atomic mass is 9.94. The van der Waals surface area contributed by atoms with E-state index in [4.69, 9.17) is 40.7 Å². The molecule has 35 heavy (non-hydrogen) atoms. The second-order valence-corrected chi connectivity index (χ2v) is 11.9. The topological polar surface area (TPSA) is 117 Å². The maximum atomic E-state index is 15.6. The van der Waals surface area contributed by atoms with E-state index < -0.39 is 52.3 Å². The molecular formula is C21H38BFN2O8P2. The van der Waals surface area contributed by atoms with Crippen molar-refractivity contribution in [2.45, 2.75) is 104 Å². The Morgan fingerprint density at radius 3 is 2.29 bits per heavy atom. The van der Waals surface area contributed by atoms with Crippen LogP contribution in [0.3, 0.4) is 0 Å². The molecule has 1 heterocycles. The molecule has 0 aromatic heterocycles. The van der Waals surface area contributed by atoms with E-state index in [1.807, 2.05) is 38.4 Å². The molecule has 0 aromatic rings. The molecule has 200 valence electrons. The van der Waals surface area contributed by atoms with E-state index in [9.17, 15) is 9.36 Å². The molecule has 14 heteroatoms. The second-order valence-electron chi connectivity index (χ2n) is 8.39. The third-order valence-electron chi connectivity index (χ3n) is 4.91. The molecule has 0 N–H and O–H groups in total.